The molecule has 0 saturated carbocycles. The first-order chi connectivity index (χ1) is 8.26. The number of para-hydroxylation sites is 1. The normalized spacial score (nSPS) is 12.2. The summed E-state index contributed by atoms with van der Waals surface area (Å²) in [6, 6.07) is 5.90. The third kappa shape index (κ3) is 3.61. The van der Waals surface area contributed by atoms with Gasteiger partial charge in [-0.25, -0.2) is 0 Å². The first-order valence-electron chi connectivity index (χ1n) is 5.80. The third-order valence-electron chi connectivity index (χ3n) is 2.78. The Morgan fingerprint density at radius 1 is 1.29 bits per heavy atom. The molecular formula is C13H21NO3. The lowest BCUT2D eigenvalue weighted by molar-refractivity contribution is 0.237. The van der Waals surface area contributed by atoms with E-state index in [1.54, 1.807) is 14.2 Å². The Morgan fingerprint density at radius 2 is 2.06 bits per heavy atom. The average Bonchev–Trinajstić information content (AvgIpc) is 2.39. The molecule has 0 spiro atoms. The van der Waals surface area contributed by atoms with E-state index < -0.39 is 0 Å². The Labute approximate surface area is 103 Å². The lowest BCUT2D eigenvalue weighted by Crippen LogP contribution is -2.31. The van der Waals surface area contributed by atoms with Crippen LogP contribution in [0.4, 0.5) is 0 Å². The zero-order chi connectivity index (χ0) is 12.7. The fourth-order valence-electron chi connectivity index (χ4n) is 1.69. The summed E-state index contributed by atoms with van der Waals surface area (Å²) in [6.07, 6.45) is 0.892. The second-order valence-electron chi connectivity index (χ2n) is 3.82. The first-order valence-corrected chi connectivity index (χ1v) is 5.80. The van der Waals surface area contributed by atoms with Crippen LogP contribution in [-0.2, 0) is 6.54 Å². The van der Waals surface area contributed by atoms with E-state index in [1.165, 1.54) is 0 Å². The lowest BCUT2D eigenvalue weighted by Gasteiger charge is -2.17. The molecule has 4 nitrogen and oxygen atoms in total. The van der Waals surface area contributed by atoms with Crippen molar-refractivity contribution in [2.45, 2.75) is 25.9 Å². The lowest BCUT2D eigenvalue weighted by atomic mass is 10.1. The number of hydrogen-bond donors (Lipinski definition) is 2. The summed E-state index contributed by atoms with van der Waals surface area (Å²) >= 11 is 0. The number of nitrogens with one attached hydrogen (secondary N) is 1. The highest BCUT2D eigenvalue weighted by Crippen LogP contribution is 2.30. The number of methoxy groups -OCH3 is 2. The van der Waals surface area contributed by atoms with Crippen LogP contribution < -0.4 is 14.8 Å². The summed E-state index contributed by atoms with van der Waals surface area (Å²) in [4.78, 5) is 0. The zero-order valence-corrected chi connectivity index (χ0v) is 10.7. The Hall–Kier alpha value is -1.26. The summed E-state index contributed by atoms with van der Waals surface area (Å²) in [7, 11) is 3.25. The van der Waals surface area contributed by atoms with Crippen molar-refractivity contribution in [3.63, 3.8) is 0 Å². The van der Waals surface area contributed by atoms with Crippen molar-refractivity contribution in [2.75, 3.05) is 20.8 Å². The molecule has 0 saturated heterocycles. The van der Waals surface area contributed by atoms with E-state index in [-0.39, 0.29) is 12.6 Å². The Morgan fingerprint density at radius 3 is 2.59 bits per heavy atom. The highest BCUT2D eigenvalue weighted by Gasteiger charge is 2.10. The number of benzene rings is 1. The van der Waals surface area contributed by atoms with Gasteiger partial charge in [-0.2, -0.15) is 0 Å². The fourth-order valence-corrected chi connectivity index (χ4v) is 1.69. The Kier molecular flexibility index (Phi) is 5.80. The predicted octanol–water partition coefficient (Wildman–Crippen LogP) is 1.56. The molecule has 17 heavy (non-hydrogen) atoms. The maximum Gasteiger partial charge on any atom is 0.165 e. The minimum absolute atomic E-state index is 0.117. The van der Waals surface area contributed by atoms with Gasteiger partial charge >= 0.3 is 0 Å². The molecule has 1 aromatic carbocycles. The van der Waals surface area contributed by atoms with E-state index in [2.05, 4.69) is 5.32 Å². The van der Waals surface area contributed by atoms with E-state index in [0.29, 0.717) is 6.54 Å². The van der Waals surface area contributed by atoms with Crippen molar-refractivity contribution in [3.05, 3.63) is 23.8 Å². The van der Waals surface area contributed by atoms with E-state index >= 15 is 0 Å². The van der Waals surface area contributed by atoms with E-state index in [4.69, 9.17) is 14.6 Å². The molecule has 2 N–H and O–H groups in total. The van der Waals surface area contributed by atoms with Crippen molar-refractivity contribution in [3.8, 4) is 11.5 Å². The van der Waals surface area contributed by atoms with Crippen molar-refractivity contribution in [1.29, 1.82) is 0 Å². The van der Waals surface area contributed by atoms with Gasteiger partial charge in [0.05, 0.1) is 20.8 Å². The van der Waals surface area contributed by atoms with Gasteiger partial charge in [-0.05, 0) is 12.5 Å². The molecule has 0 fully saturated rings. The highest BCUT2D eigenvalue weighted by atomic mass is 16.5. The van der Waals surface area contributed by atoms with E-state index in [0.717, 1.165) is 23.5 Å². The van der Waals surface area contributed by atoms with Crippen LogP contribution in [0.1, 0.15) is 18.9 Å². The molecule has 4 heteroatoms. The maximum atomic E-state index is 9.11. The van der Waals surface area contributed by atoms with Gasteiger partial charge in [0.15, 0.2) is 11.5 Å². The number of aliphatic hydroxyl groups is 1. The standard InChI is InChI=1S/C13H21NO3/c1-4-11(9-15)14-8-10-6-5-7-12(16-2)13(10)17-3/h5-7,11,14-15H,4,8-9H2,1-3H3/t11-/m0/s1. The molecule has 0 heterocycles. The van der Waals surface area contributed by atoms with Crippen molar-refractivity contribution in [2.24, 2.45) is 0 Å². The molecule has 0 aliphatic carbocycles. The second-order valence-corrected chi connectivity index (χ2v) is 3.82. The van der Waals surface area contributed by atoms with Gasteiger partial charge in [0.25, 0.3) is 0 Å². The fraction of sp³-hybridized carbons (Fsp3) is 0.538. The smallest absolute Gasteiger partial charge is 0.165 e. The molecule has 0 bridgehead atoms. The maximum absolute atomic E-state index is 9.11. The Bertz CT molecular complexity index is 337. The molecule has 1 aromatic rings. The van der Waals surface area contributed by atoms with Gasteiger partial charge in [0.2, 0.25) is 0 Å². The van der Waals surface area contributed by atoms with Crippen LogP contribution in [-0.4, -0.2) is 32.0 Å². The number of ether oxygens (including phenoxy) is 2. The number of aliphatic hydroxyl groups excluding tert-OH is 1. The van der Waals surface area contributed by atoms with Crippen LogP contribution in [0.5, 0.6) is 11.5 Å². The monoisotopic (exact) mass is 239 g/mol. The molecule has 96 valence electrons. The summed E-state index contributed by atoms with van der Waals surface area (Å²) in [5.41, 5.74) is 1.03. The molecule has 0 aliphatic heterocycles. The zero-order valence-electron chi connectivity index (χ0n) is 10.7. The minimum Gasteiger partial charge on any atom is -0.493 e. The topological polar surface area (TPSA) is 50.7 Å². The van der Waals surface area contributed by atoms with Crippen LogP contribution in [0.3, 0.4) is 0 Å². The molecule has 0 radical (unpaired) electrons. The van der Waals surface area contributed by atoms with Gasteiger partial charge in [0.1, 0.15) is 0 Å². The first kappa shape index (κ1) is 13.8. The molecular weight excluding hydrogens is 218 g/mol. The quantitative estimate of drug-likeness (QED) is 0.758. The van der Waals surface area contributed by atoms with Crippen LogP contribution in [0.2, 0.25) is 0 Å². The molecule has 0 amide bonds. The molecule has 1 rings (SSSR count). The SMILES string of the molecule is CC[C@@H](CO)NCc1cccc(OC)c1OC. The van der Waals surface area contributed by atoms with Gasteiger partial charge in [-0.3, -0.25) is 0 Å². The van der Waals surface area contributed by atoms with E-state index in [9.17, 15) is 0 Å². The van der Waals surface area contributed by atoms with Gasteiger partial charge < -0.3 is 19.9 Å². The summed E-state index contributed by atoms with van der Waals surface area (Å²) in [6.45, 7) is 2.83. The summed E-state index contributed by atoms with van der Waals surface area (Å²) in [5, 5.41) is 12.4. The van der Waals surface area contributed by atoms with Crippen LogP contribution >= 0.6 is 0 Å². The van der Waals surface area contributed by atoms with Gasteiger partial charge in [-0.1, -0.05) is 19.1 Å². The summed E-state index contributed by atoms with van der Waals surface area (Å²) in [5.74, 6) is 1.47. The second kappa shape index (κ2) is 7.14. The number of hydrogen-bond acceptors (Lipinski definition) is 4. The van der Waals surface area contributed by atoms with Gasteiger partial charge in [-0.15, -0.1) is 0 Å². The molecule has 0 aromatic heterocycles. The van der Waals surface area contributed by atoms with Crippen LogP contribution in [0, 0.1) is 0 Å². The van der Waals surface area contributed by atoms with Gasteiger partial charge in [0, 0.05) is 18.2 Å². The van der Waals surface area contributed by atoms with Crippen LogP contribution in [0.15, 0.2) is 18.2 Å². The Balaban J connectivity index is 2.76. The van der Waals surface area contributed by atoms with Crippen molar-refractivity contribution >= 4 is 0 Å². The summed E-state index contributed by atoms with van der Waals surface area (Å²) < 4.78 is 10.6. The number of rotatable bonds is 7. The molecule has 0 unspecified atom stereocenters. The van der Waals surface area contributed by atoms with Crippen molar-refractivity contribution < 1.29 is 14.6 Å². The van der Waals surface area contributed by atoms with Crippen molar-refractivity contribution in [1.82, 2.24) is 5.32 Å². The van der Waals surface area contributed by atoms with E-state index in [1.807, 2.05) is 25.1 Å². The average molecular weight is 239 g/mol. The van der Waals surface area contributed by atoms with Crippen LogP contribution in [0.25, 0.3) is 0 Å². The predicted molar refractivity (Wildman–Crippen MR) is 67.6 cm³/mol. The molecule has 1 atom stereocenters. The molecule has 0 aliphatic rings. The largest absolute Gasteiger partial charge is 0.493 e. The highest BCUT2D eigenvalue weighted by molar-refractivity contribution is 5.46. The minimum atomic E-state index is 0.117. The third-order valence-corrected chi connectivity index (χ3v) is 2.78.